The van der Waals surface area contributed by atoms with Gasteiger partial charge in [-0.2, -0.15) is 18.3 Å². The van der Waals surface area contributed by atoms with Crippen LogP contribution in [0.4, 0.5) is 17.6 Å². The minimum absolute atomic E-state index is 0.00169. The van der Waals surface area contributed by atoms with Crippen LogP contribution in [0, 0.1) is 5.82 Å². The maximum atomic E-state index is 13.8. The Kier molecular flexibility index (Phi) is 5.38. The number of ether oxygens (including phenoxy) is 1. The van der Waals surface area contributed by atoms with Crippen molar-refractivity contribution in [2.75, 3.05) is 13.7 Å². The van der Waals surface area contributed by atoms with E-state index in [0.717, 1.165) is 11.0 Å². The van der Waals surface area contributed by atoms with Crippen LogP contribution in [0.15, 0.2) is 48.5 Å². The van der Waals surface area contributed by atoms with Crippen LogP contribution >= 0.6 is 11.6 Å². The van der Waals surface area contributed by atoms with Crippen molar-refractivity contribution in [1.82, 2.24) is 14.7 Å². The number of amides is 1. The van der Waals surface area contributed by atoms with E-state index in [1.807, 2.05) is 0 Å². The molecule has 31 heavy (non-hydrogen) atoms. The Hall–Kier alpha value is -3.07. The number of hydrogen-bond donors (Lipinski definition) is 0. The molecule has 5 nitrogen and oxygen atoms in total. The summed E-state index contributed by atoms with van der Waals surface area (Å²) in [5, 5.41) is 3.81. The van der Waals surface area contributed by atoms with Gasteiger partial charge in [-0.3, -0.25) is 4.79 Å². The molecule has 0 bridgehead atoms. The first-order chi connectivity index (χ1) is 14.7. The lowest BCUT2D eigenvalue weighted by Crippen LogP contribution is -2.47. The van der Waals surface area contributed by atoms with Crippen LogP contribution in [-0.2, 0) is 6.54 Å². The Bertz CT molecular complexity index is 1130. The van der Waals surface area contributed by atoms with E-state index in [1.165, 1.54) is 25.3 Å². The van der Waals surface area contributed by atoms with Crippen molar-refractivity contribution in [2.24, 2.45) is 0 Å². The van der Waals surface area contributed by atoms with Crippen LogP contribution in [0.3, 0.4) is 0 Å². The Morgan fingerprint density at radius 2 is 1.87 bits per heavy atom. The number of alkyl halides is 3. The summed E-state index contributed by atoms with van der Waals surface area (Å²) in [6.07, 6.45) is -4.63. The van der Waals surface area contributed by atoms with E-state index in [0.29, 0.717) is 21.6 Å². The molecule has 0 radical (unpaired) electrons. The molecule has 1 aliphatic heterocycles. The summed E-state index contributed by atoms with van der Waals surface area (Å²) in [6, 6.07) is 9.67. The van der Waals surface area contributed by atoms with Crippen LogP contribution in [0.25, 0.3) is 11.3 Å². The fraction of sp³-hybridized carbons (Fsp3) is 0.238. The first-order valence-corrected chi connectivity index (χ1v) is 9.59. The highest BCUT2D eigenvalue weighted by Gasteiger charge is 2.48. The molecule has 1 aromatic heterocycles. The first-order valence-electron chi connectivity index (χ1n) is 9.21. The van der Waals surface area contributed by atoms with Gasteiger partial charge in [0.25, 0.3) is 5.91 Å². The largest absolute Gasteiger partial charge is 0.497 e. The predicted molar refractivity (Wildman–Crippen MR) is 105 cm³/mol. The molecule has 0 fully saturated rings. The maximum Gasteiger partial charge on any atom is 0.412 e. The fourth-order valence-corrected chi connectivity index (χ4v) is 3.63. The molecule has 1 aliphatic rings. The van der Waals surface area contributed by atoms with Gasteiger partial charge < -0.3 is 9.64 Å². The van der Waals surface area contributed by atoms with Crippen LogP contribution in [0.5, 0.6) is 5.75 Å². The van der Waals surface area contributed by atoms with E-state index < -0.39 is 30.5 Å². The van der Waals surface area contributed by atoms with Crippen LogP contribution in [0.1, 0.15) is 22.1 Å². The third-order valence-electron chi connectivity index (χ3n) is 5.06. The van der Waals surface area contributed by atoms with E-state index in [-0.39, 0.29) is 23.0 Å². The van der Waals surface area contributed by atoms with Gasteiger partial charge in [0.2, 0.25) is 0 Å². The molecule has 0 aliphatic carbocycles. The minimum Gasteiger partial charge on any atom is -0.497 e. The van der Waals surface area contributed by atoms with Crippen LogP contribution < -0.4 is 4.74 Å². The van der Waals surface area contributed by atoms with Crippen LogP contribution in [-0.4, -0.2) is 40.4 Å². The molecule has 3 aromatic rings. The molecular weight excluding hydrogens is 438 g/mol. The van der Waals surface area contributed by atoms with E-state index in [4.69, 9.17) is 16.3 Å². The summed E-state index contributed by atoms with van der Waals surface area (Å²) in [4.78, 5) is 14.1. The number of hydrogen-bond acceptors (Lipinski definition) is 3. The molecule has 162 valence electrons. The van der Waals surface area contributed by atoms with Gasteiger partial charge in [-0.25, -0.2) is 9.07 Å². The van der Waals surface area contributed by atoms with Gasteiger partial charge in [-0.1, -0.05) is 23.7 Å². The van der Waals surface area contributed by atoms with Crippen molar-refractivity contribution in [2.45, 2.75) is 18.8 Å². The van der Waals surface area contributed by atoms with E-state index in [2.05, 4.69) is 5.10 Å². The average molecular weight is 454 g/mol. The standard InChI is InChI=1S/C21H16ClF4N3O2/c1-31-14-5-2-12(3-6-14)10-28-11-19(21(24,25)26)29-18(20(28)30)9-17(27-29)13-4-7-16(23)15(22)8-13/h2-9,19H,10-11H2,1H3. The fourth-order valence-electron chi connectivity index (χ4n) is 3.45. The normalized spacial score (nSPS) is 16.4. The highest BCUT2D eigenvalue weighted by atomic mass is 35.5. The summed E-state index contributed by atoms with van der Waals surface area (Å²) in [5.74, 6) is -0.643. The number of carbonyl (C=O) groups excluding carboxylic acids is 1. The lowest BCUT2D eigenvalue weighted by molar-refractivity contribution is -0.175. The third kappa shape index (κ3) is 4.10. The Balaban J connectivity index is 1.71. The second-order valence-corrected chi connectivity index (χ2v) is 7.49. The summed E-state index contributed by atoms with van der Waals surface area (Å²) in [6.45, 7) is -0.578. The van der Waals surface area contributed by atoms with Gasteiger partial charge in [0.05, 0.1) is 24.4 Å². The molecule has 2 heterocycles. The molecule has 0 N–H and O–H groups in total. The number of halogens is 5. The SMILES string of the molecule is COc1ccc(CN2CC(C(F)(F)F)n3nc(-c4ccc(F)c(Cl)c4)cc3C2=O)cc1. The molecule has 0 saturated carbocycles. The Morgan fingerprint density at radius 3 is 2.48 bits per heavy atom. The highest BCUT2D eigenvalue weighted by molar-refractivity contribution is 6.31. The van der Waals surface area contributed by atoms with Crippen molar-refractivity contribution >= 4 is 17.5 Å². The average Bonchev–Trinajstić information content (AvgIpc) is 3.17. The zero-order valence-electron chi connectivity index (χ0n) is 16.2. The lowest BCUT2D eigenvalue weighted by Gasteiger charge is -2.34. The van der Waals surface area contributed by atoms with E-state index in [1.54, 1.807) is 24.3 Å². The topological polar surface area (TPSA) is 47.4 Å². The molecule has 10 heteroatoms. The summed E-state index contributed by atoms with van der Waals surface area (Å²) in [7, 11) is 1.50. The number of benzene rings is 2. The number of fused-ring (bicyclic) bond motifs is 1. The molecule has 0 spiro atoms. The van der Waals surface area contributed by atoms with Crippen molar-refractivity contribution in [3.8, 4) is 17.0 Å². The van der Waals surface area contributed by atoms with Gasteiger partial charge in [0.15, 0.2) is 6.04 Å². The number of nitrogens with zero attached hydrogens (tertiary/aromatic N) is 3. The Labute approximate surface area is 179 Å². The third-order valence-corrected chi connectivity index (χ3v) is 5.35. The van der Waals surface area contributed by atoms with Gasteiger partial charge >= 0.3 is 6.18 Å². The molecular formula is C21H16ClF4N3O2. The van der Waals surface area contributed by atoms with Crippen molar-refractivity contribution < 1.29 is 27.1 Å². The summed E-state index contributed by atoms with van der Waals surface area (Å²) in [5.41, 5.74) is 0.876. The van der Waals surface area contributed by atoms with E-state index in [9.17, 15) is 22.4 Å². The zero-order valence-corrected chi connectivity index (χ0v) is 16.9. The first kappa shape index (κ1) is 21.2. The van der Waals surface area contributed by atoms with Crippen molar-refractivity contribution in [1.29, 1.82) is 0 Å². The molecule has 2 aromatic carbocycles. The van der Waals surface area contributed by atoms with Crippen molar-refractivity contribution in [3.63, 3.8) is 0 Å². The predicted octanol–water partition coefficient (Wildman–Crippen LogP) is 5.11. The maximum absolute atomic E-state index is 13.8. The number of rotatable bonds is 4. The smallest absolute Gasteiger partial charge is 0.412 e. The zero-order chi connectivity index (χ0) is 22.3. The number of methoxy groups -OCH3 is 1. The van der Waals surface area contributed by atoms with Gasteiger partial charge in [0.1, 0.15) is 17.3 Å². The summed E-state index contributed by atoms with van der Waals surface area (Å²) < 4.78 is 60.6. The van der Waals surface area contributed by atoms with Gasteiger partial charge in [-0.05, 0) is 42.0 Å². The van der Waals surface area contributed by atoms with Gasteiger partial charge in [-0.15, -0.1) is 0 Å². The van der Waals surface area contributed by atoms with Gasteiger partial charge in [0, 0.05) is 12.1 Å². The highest BCUT2D eigenvalue weighted by Crippen LogP contribution is 2.37. The monoisotopic (exact) mass is 453 g/mol. The molecule has 1 atom stereocenters. The second-order valence-electron chi connectivity index (χ2n) is 7.08. The van der Waals surface area contributed by atoms with E-state index >= 15 is 0 Å². The van der Waals surface area contributed by atoms with Crippen LogP contribution in [0.2, 0.25) is 5.02 Å². The number of carbonyl (C=O) groups is 1. The van der Waals surface area contributed by atoms with Crippen molar-refractivity contribution in [3.05, 3.63) is 70.6 Å². The Morgan fingerprint density at radius 1 is 1.16 bits per heavy atom. The lowest BCUT2D eigenvalue weighted by atomic mass is 10.1. The molecule has 1 amide bonds. The minimum atomic E-state index is -4.63. The second kappa shape index (κ2) is 7.88. The quantitative estimate of drug-likeness (QED) is 0.516. The molecule has 4 rings (SSSR count). The summed E-state index contributed by atoms with van der Waals surface area (Å²) >= 11 is 5.78. The molecule has 1 unspecified atom stereocenters. The molecule has 0 saturated heterocycles. The number of aromatic nitrogens is 2.